The van der Waals surface area contributed by atoms with Gasteiger partial charge in [0.25, 0.3) is 0 Å². The predicted octanol–water partition coefficient (Wildman–Crippen LogP) is 1.56. The van der Waals surface area contributed by atoms with Crippen molar-refractivity contribution in [2.24, 2.45) is 0 Å². The normalized spacial score (nSPS) is 19.8. The number of benzene rings is 1. The molecule has 3 rings (SSSR count). The van der Waals surface area contributed by atoms with Crippen molar-refractivity contribution in [1.82, 2.24) is 14.6 Å². The molecule has 1 aromatic carbocycles. The van der Waals surface area contributed by atoms with Gasteiger partial charge in [0.15, 0.2) is 0 Å². The molecular weight excluding hydrogens is 368 g/mol. The Kier molecular flexibility index (Phi) is 4.11. The van der Waals surface area contributed by atoms with Crippen LogP contribution in [0.5, 0.6) is 0 Å². The zero-order valence-electron chi connectivity index (χ0n) is 12.1. The molecule has 0 unspecified atom stereocenters. The van der Waals surface area contributed by atoms with Crippen LogP contribution in [0.3, 0.4) is 0 Å². The lowest BCUT2D eigenvalue weighted by Crippen LogP contribution is -2.33. The second-order valence-electron chi connectivity index (χ2n) is 5.31. The summed E-state index contributed by atoms with van der Waals surface area (Å²) in [5.41, 5.74) is 5.88. The lowest BCUT2D eigenvalue weighted by molar-refractivity contribution is 0.465. The molecule has 2 heterocycles. The van der Waals surface area contributed by atoms with Gasteiger partial charge in [-0.15, -0.1) is 0 Å². The Bertz CT molecular complexity index is 825. The summed E-state index contributed by atoms with van der Waals surface area (Å²) in [6.45, 7) is 0.996. The summed E-state index contributed by atoms with van der Waals surface area (Å²) in [6.07, 6.45) is 2.35. The van der Waals surface area contributed by atoms with E-state index < -0.39 is 10.0 Å². The maximum absolute atomic E-state index is 13.0. The standard InChI is InChI=1S/C14H17BrN4O2S/c1-17-9-5-6-19(8-9)22(20,21)12-4-2-3-10-13(12)11(15)7-18-14(10)16/h2-4,7,9,17H,5-6,8H2,1H3,(H2,16,18)/t9-/m1/s1. The summed E-state index contributed by atoms with van der Waals surface area (Å²) < 4.78 is 28.1. The molecule has 8 heteroatoms. The van der Waals surface area contributed by atoms with Gasteiger partial charge in [0.1, 0.15) is 5.82 Å². The van der Waals surface area contributed by atoms with Crippen LogP contribution in [0.1, 0.15) is 6.42 Å². The molecule has 0 aliphatic carbocycles. The lowest BCUT2D eigenvalue weighted by Gasteiger charge is -2.18. The van der Waals surface area contributed by atoms with Crippen LogP contribution in [0.25, 0.3) is 10.8 Å². The number of likely N-dealkylation sites (N-methyl/N-ethyl adjacent to an activating group) is 1. The van der Waals surface area contributed by atoms with Crippen molar-refractivity contribution in [3.05, 3.63) is 28.9 Å². The number of hydrogen-bond donors (Lipinski definition) is 2. The molecule has 3 N–H and O–H groups in total. The first-order valence-electron chi connectivity index (χ1n) is 6.95. The fraction of sp³-hybridized carbons (Fsp3) is 0.357. The molecule has 0 saturated carbocycles. The number of nitrogen functional groups attached to an aromatic ring is 1. The highest BCUT2D eigenvalue weighted by Crippen LogP contribution is 2.34. The molecule has 1 fully saturated rings. The third-order valence-corrected chi connectivity index (χ3v) is 6.54. The minimum absolute atomic E-state index is 0.194. The molecule has 1 saturated heterocycles. The van der Waals surface area contributed by atoms with Crippen LogP contribution < -0.4 is 11.1 Å². The molecule has 0 spiro atoms. The lowest BCUT2D eigenvalue weighted by atomic mass is 10.1. The van der Waals surface area contributed by atoms with Crippen LogP contribution in [0, 0.1) is 0 Å². The number of nitrogens with zero attached hydrogens (tertiary/aromatic N) is 2. The van der Waals surface area contributed by atoms with Crippen molar-refractivity contribution in [2.75, 3.05) is 25.9 Å². The van der Waals surface area contributed by atoms with Gasteiger partial charge in [0, 0.05) is 40.6 Å². The van der Waals surface area contributed by atoms with Gasteiger partial charge >= 0.3 is 0 Å². The summed E-state index contributed by atoms with van der Waals surface area (Å²) in [7, 11) is -1.72. The largest absolute Gasteiger partial charge is 0.383 e. The number of nitrogens with two attached hydrogens (primary N) is 1. The Balaban J connectivity index is 2.16. The maximum Gasteiger partial charge on any atom is 0.243 e. The molecule has 1 aromatic heterocycles. The van der Waals surface area contributed by atoms with E-state index in [2.05, 4.69) is 26.2 Å². The fourth-order valence-electron chi connectivity index (χ4n) is 2.79. The van der Waals surface area contributed by atoms with E-state index in [0.29, 0.717) is 34.2 Å². The maximum atomic E-state index is 13.0. The molecule has 0 radical (unpaired) electrons. The van der Waals surface area contributed by atoms with E-state index in [1.165, 1.54) is 10.5 Å². The van der Waals surface area contributed by atoms with E-state index in [4.69, 9.17) is 5.73 Å². The van der Waals surface area contributed by atoms with Crippen molar-refractivity contribution in [2.45, 2.75) is 17.4 Å². The summed E-state index contributed by atoms with van der Waals surface area (Å²) >= 11 is 3.40. The van der Waals surface area contributed by atoms with Gasteiger partial charge in [-0.05, 0) is 35.5 Å². The van der Waals surface area contributed by atoms with E-state index in [1.807, 2.05) is 7.05 Å². The van der Waals surface area contributed by atoms with Crippen LogP contribution in [0.4, 0.5) is 5.82 Å². The monoisotopic (exact) mass is 384 g/mol. The van der Waals surface area contributed by atoms with Crippen molar-refractivity contribution in [1.29, 1.82) is 0 Å². The number of fused-ring (bicyclic) bond motifs is 1. The van der Waals surface area contributed by atoms with Crippen molar-refractivity contribution in [3.63, 3.8) is 0 Å². The van der Waals surface area contributed by atoms with Gasteiger partial charge in [-0.25, -0.2) is 13.4 Å². The number of pyridine rings is 1. The van der Waals surface area contributed by atoms with Gasteiger partial charge in [-0.2, -0.15) is 4.31 Å². The number of hydrogen-bond acceptors (Lipinski definition) is 5. The topological polar surface area (TPSA) is 88.3 Å². The number of sulfonamides is 1. The quantitative estimate of drug-likeness (QED) is 0.837. The van der Waals surface area contributed by atoms with E-state index in [1.54, 1.807) is 18.2 Å². The molecule has 22 heavy (non-hydrogen) atoms. The molecule has 0 bridgehead atoms. The zero-order chi connectivity index (χ0) is 15.9. The molecule has 2 aromatic rings. The Morgan fingerprint density at radius 1 is 1.45 bits per heavy atom. The Morgan fingerprint density at radius 3 is 2.91 bits per heavy atom. The number of anilines is 1. The van der Waals surface area contributed by atoms with Crippen LogP contribution in [0.15, 0.2) is 33.8 Å². The smallest absolute Gasteiger partial charge is 0.243 e. The Labute approximate surface area is 137 Å². The van der Waals surface area contributed by atoms with Gasteiger partial charge in [-0.1, -0.05) is 12.1 Å². The number of aromatic nitrogens is 1. The van der Waals surface area contributed by atoms with Crippen LogP contribution in [0.2, 0.25) is 0 Å². The average molecular weight is 385 g/mol. The van der Waals surface area contributed by atoms with Crippen molar-refractivity contribution >= 4 is 42.5 Å². The highest BCUT2D eigenvalue weighted by molar-refractivity contribution is 9.10. The van der Waals surface area contributed by atoms with Gasteiger partial charge in [0.2, 0.25) is 10.0 Å². The SMILES string of the molecule is CN[C@@H]1CCN(S(=O)(=O)c2cccc3c(N)ncc(Br)c23)C1. The minimum Gasteiger partial charge on any atom is -0.383 e. The number of nitrogens with one attached hydrogen (secondary N) is 1. The summed E-state index contributed by atoms with van der Waals surface area (Å²) in [4.78, 5) is 4.33. The first kappa shape index (κ1) is 15.7. The second kappa shape index (κ2) is 5.77. The van der Waals surface area contributed by atoms with E-state index in [0.717, 1.165) is 6.42 Å². The van der Waals surface area contributed by atoms with Crippen LogP contribution >= 0.6 is 15.9 Å². The average Bonchev–Trinajstić information content (AvgIpc) is 3.00. The molecule has 1 aliphatic heterocycles. The molecular formula is C14H17BrN4O2S. The third-order valence-electron chi connectivity index (χ3n) is 4.04. The van der Waals surface area contributed by atoms with Crippen LogP contribution in [-0.2, 0) is 10.0 Å². The number of halogens is 1. The van der Waals surface area contributed by atoms with Crippen molar-refractivity contribution in [3.8, 4) is 0 Å². The summed E-state index contributed by atoms with van der Waals surface area (Å²) in [5.74, 6) is 0.324. The highest BCUT2D eigenvalue weighted by atomic mass is 79.9. The molecule has 118 valence electrons. The highest BCUT2D eigenvalue weighted by Gasteiger charge is 2.33. The Morgan fingerprint density at radius 2 is 2.23 bits per heavy atom. The third kappa shape index (κ3) is 2.50. The van der Waals surface area contributed by atoms with Crippen molar-refractivity contribution < 1.29 is 8.42 Å². The second-order valence-corrected chi connectivity index (χ2v) is 8.07. The number of rotatable bonds is 3. The van der Waals surface area contributed by atoms with Gasteiger partial charge in [-0.3, -0.25) is 0 Å². The molecule has 6 nitrogen and oxygen atoms in total. The fourth-order valence-corrected chi connectivity index (χ4v) is 5.18. The van der Waals surface area contributed by atoms with Gasteiger partial charge in [0.05, 0.1) is 4.90 Å². The molecule has 0 amide bonds. The zero-order valence-corrected chi connectivity index (χ0v) is 14.5. The first-order chi connectivity index (χ1) is 10.4. The van der Waals surface area contributed by atoms with E-state index >= 15 is 0 Å². The van der Waals surface area contributed by atoms with Gasteiger partial charge < -0.3 is 11.1 Å². The summed E-state index contributed by atoms with van der Waals surface area (Å²) in [5, 5.41) is 4.35. The predicted molar refractivity (Wildman–Crippen MR) is 90.1 cm³/mol. The minimum atomic E-state index is -3.57. The molecule has 1 atom stereocenters. The van der Waals surface area contributed by atoms with E-state index in [-0.39, 0.29) is 10.9 Å². The van der Waals surface area contributed by atoms with Crippen LogP contribution in [-0.4, -0.2) is 43.9 Å². The summed E-state index contributed by atoms with van der Waals surface area (Å²) in [6, 6.07) is 5.29. The molecule has 1 aliphatic rings. The first-order valence-corrected chi connectivity index (χ1v) is 9.18. The Hall–Kier alpha value is -1.22. The van der Waals surface area contributed by atoms with E-state index in [9.17, 15) is 8.42 Å².